The molecule has 1 aromatic carbocycles. The highest BCUT2D eigenvalue weighted by Crippen LogP contribution is 2.09. The monoisotopic (exact) mass is 202 g/mol. The molecule has 0 aliphatic heterocycles. The number of hydrogen-bond acceptors (Lipinski definition) is 1. The van der Waals surface area contributed by atoms with Gasteiger partial charge in [0.05, 0.1) is 0 Å². The lowest BCUT2D eigenvalue weighted by Gasteiger charge is -1.98. The Morgan fingerprint density at radius 2 is 2.31 bits per heavy atom. The van der Waals surface area contributed by atoms with Gasteiger partial charge in [0.15, 0.2) is 1.37 Å². The molecule has 0 saturated carbocycles. The zero-order valence-electron chi connectivity index (χ0n) is 11.2. The van der Waals surface area contributed by atoms with Gasteiger partial charge in [0.25, 0.3) is 0 Å². The normalized spacial score (nSPS) is 17.7. The number of rotatable bonds is 2. The molecule has 1 aromatic rings. The molecular formula is C10H13ClNO+. The fraction of sp³-hybridized carbons (Fsp3) is 0.300. The van der Waals surface area contributed by atoms with E-state index >= 15 is 0 Å². The van der Waals surface area contributed by atoms with E-state index in [0.717, 1.165) is 10.1 Å². The average molecular weight is 203 g/mol. The lowest BCUT2D eigenvalue weighted by Crippen LogP contribution is -2.02. The van der Waals surface area contributed by atoms with Gasteiger partial charge in [0.1, 0.15) is 24.7 Å². The van der Waals surface area contributed by atoms with E-state index in [0.29, 0.717) is 5.02 Å². The molecule has 0 heterocycles. The predicted octanol–water partition coefficient (Wildman–Crippen LogP) is 2.16. The van der Waals surface area contributed by atoms with Crippen LogP contribution >= 0.6 is 11.6 Å². The van der Waals surface area contributed by atoms with Crippen molar-refractivity contribution in [3.63, 3.8) is 0 Å². The van der Waals surface area contributed by atoms with E-state index in [9.17, 15) is 0 Å². The predicted molar refractivity (Wildman–Crippen MR) is 54.4 cm³/mol. The number of benzene rings is 1. The highest BCUT2D eigenvalue weighted by molar-refractivity contribution is 6.30. The van der Waals surface area contributed by atoms with Gasteiger partial charge >= 0.3 is 6.38 Å². The molecule has 0 aromatic heterocycles. The zero-order valence-corrected chi connectivity index (χ0v) is 8.01. The summed E-state index contributed by atoms with van der Waals surface area (Å²) in [5.74, 6) is 0. The first-order valence-electron chi connectivity index (χ1n) is 5.75. The van der Waals surface area contributed by atoms with Gasteiger partial charge in [-0.1, -0.05) is 23.7 Å². The molecular weight excluding hydrogens is 186 g/mol. The third kappa shape index (κ3) is 3.95. The Morgan fingerprint density at radius 3 is 2.92 bits per heavy atom. The summed E-state index contributed by atoms with van der Waals surface area (Å²) in [6, 6.07) is 6.92. The van der Waals surface area contributed by atoms with E-state index in [1.807, 2.05) is 0 Å². The maximum absolute atomic E-state index is 7.46. The van der Waals surface area contributed by atoms with Gasteiger partial charge < -0.3 is 4.74 Å². The average Bonchev–Trinajstić information content (AvgIpc) is 2.25. The van der Waals surface area contributed by atoms with Crippen molar-refractivity contribution < 1.29 is 14.8 Å². The number of ether oxygens (including phenoxy) is 1. The Kier molecular flexibility index (Phi) is 2.12. The fourth-order valence-electron chi connectivity index (χ4n) is 0.793. The van der Waals surface area contributed by atoms with Gasteiger partial charge in [0.2, 0.25) is 0 Å². The second-order valence-electron chi connectivity index (χ2n) is 2.57. The van der Waals surface area contributed by atoms with E-state index in [1.165, 1.54) is 7.05 Å². The molecule has 0 amide bonds. The van der Waals surface area contributed by atoms with Crippen LogP contribution in [-0.4, -0.2) is 25.0 Å². The van der Waals surface area contributed by atoms with Crippen LogP contribution in [-0.2, 0) is 11.3 Å². The lowest BCUT2D eigenvalue weighted by atomic mass is 10.2. The van der Waals surface area contributed by atoms with Crippen LogP contribution in [0, 0.1) is 0 Å². The molecule has 2 nitrogen and oxygen atoms in total. The molecule has 0 spiro atoms. The van der Waals surface area contributed by atoms with E-state index in [1.54, 1.807) is 24.3 Å². The quantitative estimate of drug-likeness (QED) is 0.407. The van der Waals surface area contributed by atoms with Crippen molar-refractivity contribution in [1.29, 1.82) is 0 Å². The molecule has 1 rings (SSSR count). The topological polar surface area (TPSA) is 12.2 Å². The van der Waals surface area contributed by atoms with Crippen LogP contribution in [0.3, 0.4) is 0 Å². The summed E-state index contributed by atoms with van der Waals surface area (Å²) in [5, 5.41) is 0.614. The third-order valence-corrected chi connectivity index (χ3v) is 1.61. The molecule has 3 heteroatoms. The summed E-state index contributed by atoms with van der Waals surface area (Å²) in [7, 11) is 1.29. The molecule has 0 aliphatic carbocycles. The Balaban J connectivity index is 2.65. The highest BCUT2D eigenvalue weighted by Gasteiger charge is 1.93. The first-order valence-corrected chi connectivity index (χ1v) is 4.13. The molecule has 0 atom stereocenters. The van der Waals surface area contributed by atoms with Crippen LogP contribution in [0.5, 0.6) is 0 Å². The van der Waals surface area contributed by atoms with Gasteiger partial charge in [-0.15, -0.1) is 0 Å². The van der Waals surface area contributed by atoms with E-state index in [-0.39, 0.29) is 13.0 Å². The second kappa shape index (κ2) is 4.87. The summed E-state index contributed by atoms with van der Waals surface area (Å²) < 4.78 is 34.6. The van der Waals surface area contributed by atoms with Gasteiger partial charge in [-0.2, -0.15) is 0 Å². The van der Waals surface area contributed by atoms with E-state index in [4.69, 9.17) is 21.8 Å². The van der Waals surface area contributed by atoms with Crippen LogP contribution < -0.4 is 0 Å². The largest absolute Gasteiger partial charge is 0.445 e. The first kappa shape index (κ1) is 5.66. The van der Waals surface area contributed by atoms with Crippen molar-refractivity contribution in [2.75, 3.05) is 14.0 Å². The third-order valence-electron chi connectivity index (χ3n) is 1.35. The Labute approximate surface area is 89.0 Å². The first-order chi connectivity index (χ1) is 7.80. The van der Waals surface area contributed by atoms with E-state index in [2.05, 4.69) is 0 Å². The molecule has 0 fully saturated rings. The smallest absolute Gasteiger partial charge is 0.323 e. The number of hydrogen-bond donors (Lipinski definition) is 0. The van der Waals surface area contributed by atoms with Crippen LogP contribution in [0.15, 0.2) is 24.3 Å². The minimum Gasteiger partial charge on any atom is -0.445 e. The van der Waals surface area contributed by atoms with Gasteiger partial charge in [-0.05, 0) is 17.7 Å². The van der Waals surface area contributed by atoms with Crippen molar-refractivity contribution in [2.45, 2.75) is 6.61 Å². The fourth-order valence-corrected chi connectivity index (χ4v) is 0.919. The Hall–Kier alpha value is -1.02. The van der Waals surface area contributed by atoms with E-state index < -0.39 is 6.98 Å². The summed E-state index contributed by atoms with van der Waals surface area (Å²) in [4.78, 5) is 0. The van der Waals surface area contributed by atoms with Crippen molar-refractivity contribution >= 4 is 18.0 Å². The molecule has 0 aliphatic rings. The maximum Gasteiger partial charge on any atom is 0.323 e. The lowest BCUT2D eigenvalue weighted by molar-refractivity contribution is -0.468. The molecule has 13 heavy (non-hydrogen) atoms. The van der Waals surface area contributed by atoms with Gasteiger partial charge in [-0.3, -0.25) is 0 Å². The molecule has 0 bridgehead atoms. The second-order valence-corrected chi connectivity index (χ2v) is 3.00. The minimum absolute atomic E-state index is 0.135. The molecule has 0 radical (unpaired) electrons. The van der Waals surface area contributed by atoms with Gasteiger partial charge in [-0.25, -0.2) is 4.58 Å². The van der Waals surface area contributed by atoms with Crippen LogP contribution in [0.1, 0.15) is 11.0 Å². The van der Waals surface area contributed by atoms with Crippen LogP contribution in [0.2, 0.25) is 5.02 Å². The minimum atomic E-state index is -2.36. The molecule has 0 unspecified atom stereocenters. The summed E-state index contributed by atoms with van der Waals surface area (Å²) in [6.07, 6.45) is -0.389. The van der Waals surface area contributed by atoms with Crippen molar-refractivity contribution in [2.24, 2.45) is 0 Å². The van der Waals surface area contributed by atoms with Crippen molar-refractivity contribution in [3.05, 3.63) is 34.9 Å². The van der Waals surface area contributed by atoms with Crippen molar-refractivity contribution in [1.82, 2.24) is 0 Å². The summed E-state index contributed by atoms with van der Waals surface area (Å²) >= 11 is 5.72. The summed E-state index contributed by atoms with van der Waals surface area (Å²) in [5.41, 5.74) is 0.818. The van der Waals surface area contributed by atoms with Crippen LogP contribution in [0.25, 0.3) is 0 Å². The van der Waals surface area contributed by atoms with Gasteiger partial charge in [0, 0.05) is 5.02 Å². The molecule has 0 N–H and O–H groups in total. The Bertz CT molecular complexity index is 413. The number of halogens is 1. The van der Waals surface area contributed by atoms with Crippen molar-refractivity contribution in [3.8, 4) is 0 Å². The zero-order chi connectivity index (χ0) is 13.1. The molecule has 0 saturated heterocycles. The number of nitrogens with zero attached hydrogens (tertiary/aromatic N) is 1. The maximum atomic E-state index is 7.46. The SMILES string of the molecule is [2H]C(OCc1ccc(Cl)cc1)=[N+](C)C([2H])([2H])[2H]. The Morgan fingerprint density at radius 1 is 1.62 bits per heavy atom. The van der Waals surface area contributed by atoms with Crippen LogP contribution in [0.4, 0.5) is 0 Å². The highest BCUT2D eigenvalue weighted by atomic mass is 35.5. The summed E-state index contributed by atoms with van der Waals surface area (Å²) in [6.45, 7) is -2.23. The standard InChI is InChI=1S/C10H13ClNO/c1-12(2)8-13-7-9-3-5-10(11)6-4-9/h3-6,8H,7H2,1-2H3/q+1/i1D3,8D. The molecule has 70 valence electrons.